The van der Waals surface area contributed by atoms with E-state index in [-0.39, 0.29) is 5.78 Å². The van der Waals surface area contributed by atoms with Gasteiger partial charge in [0.05, 0.1) is 16.7 Å². The highest BCUT2D eigenvalue weighted by atomic mass is 16.1. The van der Waals surface area contributed by atoms with Crippen LogP contribution in [0.5, 0.6) is 0 Å². The number of ketones is 1. The van der Waals surface area contributed by atoms with Gasteiger partial charge in [0, 0.05) is 12.6 Å². The summed E-state index contributed by atoms with van der Waals surface area (Å²) in [6, 6.07) is 5.28. The minimum absolute atomic E-state index is 0.0793. The third kappa shape index (κ3) is 1.66. The minimum Gasteiger partial charge on any atom is -0.399 e. The molecule has 0 bridgehead atoms. The summed E-state index contributed by atoms with van der Waals surface area (Å²) in [5.41, 5.74) is 8.73. The van der Waals surface area contributed by atoms with Crippen LogP contribution in [0.3, 0.4) is 0 Å². The highest BCUT2D eigenvalue weighted by Crippen LogP contribution is 2.15. The van der Waals surface area contributed by atoms with Gasteiger partial charge >= 0.3 is 0 Å². The molecule has 76 valence electrons. The first-order valence-corrected chi connectivity index (χ1v) is 4.63. The summed E-state index contributed by atoms with van der Waals surface area (Å²) >= 11 is 0. The standard InChI is InChI=1S/C11H11N3O/c1-6-11(7(2)15)14-10-5-8(12)3-4-9(10)13-6/h3-5H,12H2,1-2H3. The van der Waals surface area contributed by atoms with Crippen LogP contribution in [0.4, 0.5) is 5.69 Å². The molecule has 0 spiro atoms. The van der Waals surface area contributed by atoms with E-state index in [1.54, 1.807) is 25.1 Å². The zero-order valence-corrected chi connectivity index (χ0v) is 8.61. The lowest BCUT2D eigenvalue weighted by Crippen LogP contribution is -2.03. The monoisotopic (exact) mass is 201 g/mol. The van der Waals surface area contributed by atoms with Gasteiger partial charge in [-0.25, -0.2) is 9.97 Å². The highest BCUT2D eigenvalue weighted by Gasteiger charge is 2.08. The summed E-state index contributed by atoms with van der Waals surface area (Å²) in [5, 5.41) is 0. The first-order valence-electron chi connectivity index (χ1n) is 4.63. The zero-order valence-electron chi connectivity index (χ0n) is 8.61. The van der Waals surface area contributed by atoms with E-state index in [1.165, 1.54) is 6.92 Å². The van der Waals surface area contributed by atoms with E-state index in [4.69, 9.17) is 5.73 Å². The molecule has 2 aromatic rings. The van der Waals surface area contributed by atoms with Gasteiger partial charge in [-0.2, -0.15) is 0 Å². The number of rotatable bonds is 1. The van der Waals surface area contributed by atoms with Gasteiger partial charge in [0.25, 0.3) is 0 Å². The van der Waals surface area contributed by atoms with Crippen molar-refractivity contribution in [2.75, 3.05) is 5.73 Å². The van der Waals surface area contributed by atoms with E-state index in [9.17, 15) is 4.79 Å². The van der Waals surface area contributed by atoms with Crippen molar-refractivity contribution in [3.63, 3.8) is 0 Å². The van der Waals surface area contributed by atoms with Crippen LogP contribution >= 0.6 is 0 Å². The van der Waals surface area contributed by atoms with Crippen molar-refractivity contribution in [2.45, 2.75) is 13.8 Å². The quantitative estimate of drug-likeness (QED) is 0.563. The zero-order chi connectivity index (χ0) is 11.0. The van der Waals surface area contributed by atoms with Crippen molar-refractivity contribution >= 4 is 22.5 Å². The summed E-state index contributed by atoms with van der Waals surface area (Å²) in [6.07, 6.45) is 0. The van der Waals surface area contributed by atoms with Crippen LogP contribution in [0, 0.1) is 6.92 Å². The van der Waals surface area contributed by atoms with Crippen LogP contribution < -0.4 is 5.73 Å². The molecular formula is C11H11N3O. The molecule has 0 radical (unpaired) electrons. The summed E-state index contributed by atoms with van der Waals surface area (Å²) in [7, 11) is 0. The van der Waals surface area contributed by atoms with E-state index in [1.807, 2.05) is 0 Å². The van der Waals surface area contributed by atoms with Gasteiger partial charge in [0.2, 0.25) is 0 Å². The number of hydrogen-bond donors (Lipinski definition) is 1. The molecule has 2 N–H and O–H groups in total. The fraction of sp³-hybridized carbons (Fsp3) is 0.182. The molecule has 1 aromatic heterocycles. The molecular weight excluding hydrogens is 190 g/mol. The Morgan fingerprint density at radius 2 is 2.00 bits per heavy atom. The Morgan fingerprint density at radius 1 is 1.27 bits per heavy atom. The number of carbonyl (C=O) groups is 1. The number of aryl methyl sites for hydroxylation is 1. The fourth-order valence-electron chi connectivity index (χ4n) is 1.49. The van der Waals surface area contributed by atoms with Crippen LogP contribution in [0.15, 0.2) is 18.2 Å². The number of nitrogens with two attached hydrogens (primary N) is 1. The summed E-state index contributed by atoms with van der Waals surface area (Å²) in [4.78, 5) is 19.8. The normalized spacial score (nSPS) is 10.5. The second-order valence-corrected chi connectivity index (χ2v) is 3.46. The van der Waals surface area contributed by atoms with E-state index >= 15 is 0 Å². The van der Waals surface area contributed by atoms with Crippen molar-refractivity contribution in [1.82, 2.24) is 9.97 Å². The van der Waals surface area contributed by atoms with Gasteiger partial charge in [-0.3, -0.25) is 4.79 Å². The van der Waals surface area contributed by atoms with E-state index < -0.39 is 0 Å². The molecule has 4 heteroatoms. The molecule has 0 aliphatic heterocycles. The maximum absolute atomic E-state index is 11.3. The lowest BCUT2D eigenvalue weighted by Gasteiger charge is -2.03. The fourth-order valence-corrected chi connectivity index (χ4v) is 1.49. The Balaban J connectivity index is 2.77. The number of aromatic nitrogens is 2. The molecule has 0 unspecified atom stereocenters. The number of hydrogen-bond acceptors (Lipinski definition) is 4. The maximum Gasteiger partial charge on any atom is 0.179 e. The topological polar surface area (TPSA) is 68.9 Å². The SMILES string of the molecule is CC(=O)c1nc2cc(N)ccc2nc1C. The molecule has 0 saturated carbocycles. The third-order valence-electron chi connectivity index (χ3n) is 2.20. The highest BCUT2D eigenvalue weighted by molar-refractivity contribution is 5.95. The molecule has 15 heavy (non-hydrogen) atoms. The van der Waals surface area contributed by atoms with Gasteiger partial charge in [0.15, 0.2) is 5.78 Å². The Labute approximate surface area is 87.1 Å². The minimum atomic E-state index is -0.0793. The second-order valence-electron chi connectivity index (χ2n) is 3.46. The van der Waals surface area contributed by atoms with Crippen molar-refractivity contribution in [1.29, 1.82) is 0 Å². The number of fused-ring (bicyclic) bond motifs is 1. The molecule has 4 nitrogen and oxygen atoms in total. The number of nitrogens with zero attached hydrogens (tertiary/aromatic N) is 2. The Morgan fingerprint density at radius 3 is 2.67 bits per heavy atom. The summed E-state index contributed by atoms with van der Waals surface area (Å²) in [5.74, 6) is -0.0793. The van der Waals surface area contributed by atoms with E-state index in [0.29, 0.717) is 22.6 Å². The van der Waals surface area contributed by atoms with Crippen LogP contribution in [-0.2, 0) is 0 Å². The molecule has 0 atom stereocenters. The van der Waals surface area contributed by atoms with Crippen LogP contribution in [0.2, 0.25) is 0 Å². The number of anilines is 1. The van der Waals surface area contributed by atoms with Gasteiger partial charge in [-0.05, 0) is 25.1 Å². The van der Waals surface area contributed by atoms with E-state index in [2.05, 4.69) is 9.97 Å². The van der Waals surface area contributed by atoms with Gasteiger partial charge in [-0.1, -0.05) is 0 Å². The average Bonchev–Trinajstić information content (AvgIpc) is 2.17. The van der Waals surface area contributed by atoms with Crippen molar-refractivity contribution in [3.8, 4) is 0 Å². The smallest absolute Gasteiger partial charge is 0.179 e. The first-order chi connectivity index (χ1) is 7.08. The largest absolute Gasteiger partial charge is 0.399 e. The maximum atomic E-state index is 11.3. The molecule has 0 aliphatic rings. The number of nitrogen functional groups attached to an aromatic ring is 1. The number of carbonyl (C=O) groups excluding carboxylic acids is 1. The van der Waals surface area contributed by atoms with Gasteiger partial charge < -0.3 is 5.73 Å². The lowest BCUT2D eigenvalue weighted by atomic mass is 10.2. The van der Waals surface area contributed by atoms with Gasteiger partial charge in [0.1, 0.15) is 5.69 Å². The number of Topliss-reactive ketones (excluding diaryl/α,β-unsaturated/α-hetero) is 1. The van der Waals surface area contributed by atoms with Crippen LogP contribution in [0.25, 0.3) is 11.0 Å². The molecule has 0 aliphatic carbocycles. The van der Waals surface area contributed by atoms with Crippen molar-refractivity contribution < 1.29 is 4.79 Å². The number of benzene rings is 1. The molecule has 0 fully saturated rings. The Bertz CT molecular complexity index is 549. The summed E-state index contributed by atoms with van der Waals surface area (Å²) in [6.45, 7) is 3.26. The van der Waals surface area contributed by atoms with Crippen molar-refractivity contribution in [3.05, 3.63) is 29.6 Å². The Kier molecular flexibility index (Phi) is 2.11. The lowest BCUT2D eigenvalue weighted by molar-refractivity contribution is 0.101. The first kappa shape index (κ1) is 9.58. The molecule has 1 heterocycles. The average molecular weight is 201 g/mol. The Hall–Kier alpha value is -1.97. The van der Waals surface area contributed by atoms with Gasteiger partial charge in [-0.15, -0.1) is 0 Å². The molecule has 1 aromatic carbocycles. The predicted molar refractivity (Wildman–Crippen MR) is 58.7 cm³/mol. The van der Waals surface area contributed by atoms with Crippen molar-refractivity contribution in [2.24, 2.45) is 0 Å². The third-order valence-corrected chi connectivity index (χ3v) is 2.20. The molecule has 0 saturated heterocycles. The molecule has 0 amide bonds. The predicted octanol–water partition coefficient (Wildman–Crippen LogP) is 1.72. The van der Waals surface area contributed by atoms with Crippen LogP contribution in [-0.4, -0.2) is 15.8 Å². The second kappa shape index (κ2) is 3.31. The van der Waals surface area contributed by atoms with E-state index in [0.717, 1.165) is 5.52 Å². The van der Waals surface area contributed by atoms with Crippen LogP contribution in [0.1, 0.15) is 23.1 Å². The summed E-state index contributed by atoms with van der Waals surface area (Å²) < 4.78 is 0. The molecule has 2 rings (SSSR count).